The van der Waals surface area contributed by atoms with Gasteiger partial charge in [0.2, 0.25) is 0 Å². The number of para-hydroxylation sites is 2. The summed E-state index contributed by atoms with van der Waals surface area (Å²) in [5, 5.41) is 2.48. The van der Waals surface area contributed by atoms with E-state index in [1.165, 1.54) is 0 Å². The number of benzene rings is 3. The molecule has 0 atom stereocenters. The molecule has 1 aliphatic heterocycles. The van der Waals surface area contributed by atoms with E-state index in [0.717, 1.165) is 27.8 Å². The average molecular weight is 656 g/mol. The number of amides is 3. The maximum absolute atomic E-state index is 13.0. The highest BCUT2D eigenvalue weighted by Gasteiger charge is 2.35. The Bertz CT molecular complexity index is 1530. The Hall–Kier alpha value is -3.96. The molecule has 42 heavy (non-hydrogen) atoms. The lowest BCUT2D eigenvalue weighted by Gasteiger charge is -2.15. The summed E-state index contributed by atoms with van der Waals surface area (Å²) in [5.74, 6) is 1.11. The number of methoxy groups -OCH3 is 1. The van der Waals surface area contributed by atoms with E-state index in [1.807, 2.05) is 51.1 Å². The number of anilines is 1. The molecule has 3 amide bonds. The predicted octanol–water partition coefficient (Wildman–Crippen LogP) is 6.61. The van der Waals surface area contributed by atoms with Crippen molar-refractivity contribution in [1.29, 1.82) is 0 Å². The lowest BCUT2D eigenvalue weighted by molar-refractivity contribution is -0.123. The molecule has 11 heteroatoms. The second kappa shape index (κ2) is 14.3. The zero-order valence-corrected chi connectivity index (χ0v) is 26.1. The number of carbonyl (C=O) groups is 3. The van der Waals surface area contributed by atoms with Gasteiger partial charge in [0, 0.05) is 5.69 Å². The summed E-state index contributed by atoms with van der Waals surface area (Å²) in [7, 11) is 1.54. The summed E-state index contributed by atoms with van der Waals surface area (Å²) in [5.41, 5.74) is 3.40. The van der Waals surface area contributed by atoms with E-state index in [1.54, 1.807) is 37.5 Å². The summed E-state index contributed by atoms with van der Waals surface area (Å²) in [6.45, 7) is 6.07. The lowest BCUT2D eigenvalue weighted by Crippen LogP contribution is -2.32. The summed E-state index contributed by atoms with van der Waals surface area (Å²) < 4.78 is 23.1. The molecule has 0 unspecified atom stereocenters. The van der Waals surface area contributed by atoms with Crippen molar-refractivity contribution in [3.63, 3.8) is 0 Å². The van der Waals surface area contributed by atoms with Crippen molar-refractivity contribution in [3.8, 4) is 23.0 Å². The van der Waals surface area contributed by atoms with Gasteiger partial charge in [-0.2, -0.15) is 0 Å². The van der Waals surface area contributed by atoms with E-state index in [9.17, 15) is 14.4 Å². The summed E-state index contributed by atoms with van der Waals surface area (Å²) >= 11 is 4.35. The molecule has 3 aromatic rings. The minimum Gasteiger partial charge on any atom is -0.493 e. The van der Waals surface area contributed by atoms with Crippen LogP contribution in [0.3, 0.4) is 0 Å². The Kier molecular flexibility index (Phi) is 10.5. The molecule has 4 rings (SSSR count). The zero-order chi connectivity index (χ0) is 30.2. The Morgan fingerprint density at radius 2 is 1.76 bits per heavy atom. The van der Waals surface area contributed by atoms with Crippen LogP contribution in [-0.2, 0) is 9.59 Å². The first-order valence-corrected chi connectivity index (χ1v) is 14.8. The van der Waals surface area contributed by atoms with Gasteiger partial charge in [0.15, 0.2) is 29.6 Å². The molecule has 1 saturated heterocycles. The molecule has 1 fully saturated rings. The van der Waals surface area contributed by atoms with E-state index < -0.39 is 5.91 Å². The van der Waals surface area contributed by atoms with Gasteiger partial charge in [-0.25, -0.2) is 0 Å². The third-order valence-electron chi connectivity index (χ3n) is 6.15. The molecule has 1 aliphatic rings. The predicted molar refractivity (Wildman–Crippen MR) is 167 cm³/mol. The fourth-order valence-electron chi connectivity index (χ4n) is 4.18. The fourth-order valence-corrected chi connectivity index (χ4v) is 5.62. The highest BCUT2D eigenvalue weighted by atomic mass is 79.9. The lowest BCUT2D eigenvalue weighted by atomic mass is 10.1. The molecule has 0 radical (unpaired) electrons. The first kappa shape index (κ1) is 31.0. The topological polar surface area (TPSA) is 103 Å². The molecule has 0 saturated carbocycles. The van der Waals surface area contributed by atoms with Crippen LogP contribution < -0.4 is 24.3 Å². The first-order chi connectivity index (χ1) is 20.2. The smallest absolute Gasteiger partial charge is 0.293 e. The number of hydrogen-bond acceptors (Lipinski definition) is 8. The minimum atomic E-state index is -0.411. The number of aryl methyl sites for hydroxylation is 2. The molecule has 0 aromatic heterocycles. The normalized spacial score (nSPS) is 13.8. The molecule has 220 valence electrons. The van der Waals surface area contributed by atoms with E-state index in [2.05, 4.69) is 21.2 Å². The Morgan fingerprint density at radius 1 is 1.00 bits per heavy atom. The second-order valence-electron chi connectivity index (χ2n) is 9.25. The van der Waals surface area contributed by atoms with Crippen molar-refractivity contribution >= 4 is 56.5 Å². The number of nitrogens with zero attached hydrogens (tertiary/aromatic N) is 1. The third-order valence-corrected chi connectivity index (χ3v) is 7.64. The fraction of sp³-hybridized carbons (Fsp3) is 0.258. The first-order valence-electron chi connectivity index (χ1n) is 13.2. The Morgan fingerprint density at radius 3 is 2.48 bits per heavy atom. The van der Waals surface area contributed by atoms with Crippen LogP contribution in [0.15, 0.2) is 64.0 Å². The number of hydrogen-bond donors (Lipinski definition) is 1. The van der Waals surface area contributed by atoms with Gasteiger partial charge in [0.1, 0.15) is 6.61 Å². The van der Waals surface area contributed by atoms with Crippen LogP contribution in [0.2, 0.25) is 0 Å². The van der Waals surface area contributed by atoms with Crippen molar-refractivity contribution in [2.45, 2.75) is 20.8 Å². The number of imide groups is 1. The third kappa shape index (κ3) is 7.65. The standard InChI is InChI=1S/C31H31BrN2O7S/c1-5-39-26-16-21(15-22(32)29(26)41-18-28(35)33-23-11-10-19(2)14-20(23)3)17-27-30(36)34(31(37)42-27)12-13-40-25-9-7-6-8-24(25)38-4/h6-11,14-17H,5,12-13,18H2,1-4H3,(H,33,35)/b27-17-. The number of ether oxygens (including phenoxy) is 4. The number of halogens is 1. The van der Waals surface area contributed by atoms with Gasteiger partial charge in [-0.1, -0.05) is 29.8 Å². The molecule has 9 nitrogen and oxygen atoms in total. The Labute approximate surface area is 257 Å². The van der Waals surface area contributed by atoms with Gasteiger partial charge < -0.3 is 24.3 Å². The Balaban J connectivity index is 1.42. The van der Waals surface area contributed by atoms with Gasteiger partial charge in [0.05, 0.1) is 29.6 Å². The molecule has 0 bridgehead atoms. The average Bonchev–Trinajstić information content (AvgIpc) is 3.21. The second-order valence-corrected chi connectivity index (χ2v) is 11.1. The van der Waals surface area contributed by atoms with Crippen molar-refractivity contribution in [3.05, 3.63) is 80.7 Å². The molecule has 0 spiro atoms. The zero-order valence-electron chi connectivity index (χ0n) is 23.7. The van der Waals surface area contributed by atoms with Crippen LogP contribution >= 0.6 is 27.7 Å². The number of thioether (sulfide) groups is 1. The molecule has 1 heterocycles. The van der Waals surface area contributed by atoms with Crippen molar-refractivity contribution in [1.82, 2.24) is 4.90 Å². The molecular weight excluding hydrogens is 624 g/mol. The van der Waals surface area contributed by atoms with E-state index in [4.69, 9.17) is 18.9 Å². The quantitative estimate of drug-likeness (QED) is 0.218. The number of nitrogens with one attached hydrogen (secondary N) is 1. The van der Waals surface area contributed by atoms with Gasteiger partial charge in [-0.15, -0.1) is 0 Å². The molecular formula is C31H31BrN2O7S. The summed E-state index contributed by atoms with van der Waals surface area (Å²) in [6, 6.07) is 16.4. The molecule has 3 aromatic carbocycles. The van der Waals surface area contributed by atoms with Crippen LogP contribution in [0.25, 0.3) is 6.08 Å². The van der Waals surface area contributed by atoms with Crippen LogP contribution in [-0.4, -0.2) is 55.4 Å². The van der Waals surface area contributed by atoms with Gasteiger partial charge >= 0.3 is 0 Å². The summed E-state index contributed by atoms with van der Waals surface area (Å²) in [6.07, 6.45) is 1.62. The van der Waals surface area contributed by atoms with Crippen LogP contribution in [0.4, 0.5) is 10.5 Å². The van der Waals surface area contributed by atoms with Crippen molar-refractivity contribution in [2.24, 2.45) is 0 Å². The highest BCUT2D eigenvalue weighted by molar-refractivity contribution is 9.10. The van der Waals surface area contributed by atoms with Gasteiger partial charge in [-0.05, 0) is 96.0 Å². The van der Waals surface area contributed by atoms with Crippen LogP contribution in [0.5, 0.6) is 23.0 Å². The maximum Gasteiger partial charge on any atom is 0.293 e. The largest absolute Gasteiger partial charge is 0.493 e. The van der Waals surface area contributed by atoms with E-state index >= 15 is 0 Å². The van der Waals surface area contributed by atoms with Gasteiger partial charge in [-0.3, -0.25) is 19.3 Å². The van der Waals surface area contributed by atoms with Crippen LogP contribution in [0, 0.1) is 13.8 Å². The van der Waals surface area contributed by atoms with Crippen molar-refractivity contribution in [2.75, 3.05) is 38.8 Å². The molecule has 0 aliphatic carbocycles. The van der Waals surface area contributed by atoms with Gasteiger partial charge in [0.25, 0.3) is 17.1 Å². The minimum absolute atomic E-state index is 0.0882. The van der Waals surface area contributed by atoms with E-state index in [0.29, 0.717) is 45.3 Å². The maximum atomic E-state index is 13.0. The van der Waals surface area contributed by atoms with Crippen molar-refractivity contribution < 1.29 is 33.3 Å². The molecule has 1 N–H and O–H groups in total. The van der Waals surface area contributed by atoms with Crippen LogP contribution in [0.1, 0.15) is 23.6 Å². The highest BCUT2D eigenvalue weighted by Crippen LogP contribution is 2.39. The number of rotatable bonds is 12. The SMILES string of the molecule is CCOc1cc(/C=C2\SC(=O)N(CCOc3ccccc3OC)C2=O)cc(Br)c1OCC(=O)Nc1ccc(C)cc1C. The number of carbonyl (C=O) groups excluding carboxylic acids is 3. The summed E-state index contributed by atoms with van der Waals surface area (Å²) in [4.78, 5) is 39.7. The monoisotopic (exact) mass is 654 g/mol. The van der Waals surface area contributed by atoms with E-state index in [-0.39, 0.29) is 35.8 Å².